The number of hydrogen-bond acceptors (Lipinski definition) is 2. The molecule has 78 valence electrons. The summed E-state index contributed by atoms with van der Waals surface area (Å²) >= 11 is 5.88. The topological polar surface area (TPSA) is 58.9 Å². The van der Waals surface area contributed by atoms with Crippen LogP contribution in [-0.4, -0.2) is 17.3 Å². The Morgan fingerprint density at radius 2 is 2.27 bits per heavy atom. The number of halogens is 1. The van der Waals surface area contributed by atoms with Crippen molar-refractivity contribution in [3.05, 3.63) is 35.0 Å². The molecule has 2 aromatic rings. The van der Waals surface area contributed by atoms with Gasteiger partial charge in [0.25, 0.3) is 0 Å². The van der Waals surface area contributed by atoms with Crippen LogP contribution in [0, 0.1) is 0 Å². The van der Waals surface area contributed by atoms with Gasteiger partial charge >= 0.3 is 0 Å². The fourth-order valence-corrected chi connectivity index (χ4v) is 1.76. The number of carbonyl (C=O) groups is 1. The second-order valence-electron chi connectivity index (χ2n) is 3.35. The number of rotatable bonds is 3. The normalized spacial score (nSPS) is 10.8. The maximum atomic E-state index is 11.7. The summed E-state index contributed by atoms with van der Waals surface area (Å²) in [5.74, 6) is 0.0472. The van der Waals surface area contributed by atoms with Crippen molar-refractivity contribution >= 4 is 28.3 Å². The molecule has 0 aliphatic rings. The zero-order chi connectivity index (χ0) is 10.8. The molecule has 2 rings (SSSR count). The molecule has 0 saturated carbocycles. The first-order valence-electron chi connectivity index (χ1n) is 4.72. The van der Waals surface area contributed by atoms with Gasteiger partial charge in [-0.2, -0.15) is 0 Å². The van der Waals surface area contributed by atoms with Gasteiger partial charge in [-0.3, -0.25) is 4.79 Å². The van der Waals surface area contributed by atoms with Crippen molar-refractivity contribution in [1.29, 1.82) is 0 Å². The zero-order valence-electron chi connectivity index (χ0n) is 8.09. The van der Waals surface area contributed by atoms with E-state index >= 15 is 0 Å². The van der Waals surface area contributed by atoms with E-state index in [1.165, 1.54) is 0 Å². The average molecular weight is 223 g/mol. The molecule has 15 heavy (non-hydrogen) atoms. The third-order valence-corrected chi connectivity index (χ3v) is 2.55. The first kappa shape index (κ1) is 10.2. The van der Waals surface area contributed by atoms with Crippen LogP contribution in [-0.2, 0) is 0 Å². The quantitative estimate of drug-likeness (QED) is 0.784. The Balaban J connectivity index is 2.52. The minimum absolute atomic E-state index is 0.0472. The maximum Gasteiger partial charge on any atom is 0.166 e. The first-order chi connectivity index (χ1) is 7.22. The number of nitrogens with two attached hydrogens (primary N) is 1. The van der Waals surface area contributed by atoms with E-state index in [0.717, 1.165) is 10.9 Å². The maximum absolute atomic E-state index is 11.7. The Morgan fingerprint density at radius 1 is 1.47 bits per heavy atom. The number of Topliss-reactive ketones (excluding diaryl/α,β-unsaturated/α-hetero) is 1. The summed E-state index contributed by atoms with van der Waals surface area (Å²) in [6.45, 7) is 0.367. The van der Waals surface area contributed by atoms with Crippen molar-refractivity contribution in [3.8, 4) is 0 Å². The highest BCUT2D eigenvalue weighted by atomic mass is 35.5. The third-order valence-electron chi connectivity index (χ3n) is 2.32. The van der Waals surface area contributed by atoms with Gasteiger partial charge in [0.2, 0.25) is 0 Å². The van der Waals surface area contributed by atoms with Gasteiger partial charge in [-0.15, -0.1) is 0 Å². The van der Waals surface area contributed by atoms with Crippen molar-refractivity contribution in [2.75, 3.05) is 6.54 Å². The minimum Gasteiger partial charge on any atom is -0.360 e. The molecule has 0 aliphatic carbocycles. The van der Waals surface area contributed by atoms with Gasteiger partial charge in [-0.25, -0.2) is 0 Å². The molecular formula is C11H11ClN2O. The van der Waals surface area contributed by atoms with Gasteiger partial charge in [0.15, 0.2) is 5.78 Å². The molecule has 0 saturated heterocycles. The van der Waals surface area contributed by atoms with Crippen LogP contribution in [0.4, 0.5) is 0 Å². The standard InChI is InChI=1S/C11H11ClN2O/c12-7-1-2-10-8(5-7)9(6-14-10)11(15)3-4-13/h1-2,5-6,14H,3-4,13H2. The summed E-state index contributed by atoms with van der Waals surface area (Å²) in [5.41, 5.74) is 6.93. The second kappa shape index (κ2) is 4.04. The van der Waals surface area contributed by atoms with E-state index in [1.54, 1.807) is 18.3 Å². The molecule has 0 radical (unpaired) electrons. The van der Waals surface area contributed by atoms with Crippen molar-refractivity contribution < 1.29 is 4.79 Å². The van der Waals surface area contributed by atoms with E-state index in [9.17, 15) is 4.79 Å². The Kier molecular flexibility index (Phi) is 2.75. The molecule has 3 N–H and O–H groups in total. The highest BCUT2D eigenvalue weighted by molar-refractivity contribution is 6.31. The Morgan fingerprint density at radius 3 is 3.00 bits per heavy atom. The molecular weight excluding hydrogens is 212 g/mol. The van der Waals surface area contributed by atoms with Crippen molar-refractivity contribution in [1.82, 2.24) is 4.98 Å². The molecule has 1 aromatic carbocycles. The number of fused-ring (bicyclic) bond motifs is 1. The lowest BCUT2D eigenvalue weighted by atomic mass is 10.1. The lowest BCUT2D eigenvalue weighted by Gasteiger charge is -1.97. The van der Waals surface area contributed by atoms with Gasteiger partial charge in [-0.1, -0.05) is 11.6 Å². The molecule has 1 heterocycles. The molecule has 0 aliphatic heterocycles. The van der Waals surface area contributed by atoms with Crippen LogP contribution in [0.25, 0.3) is 10.9 Å². The number of aromatic nitrogens is 1. The molecule has 0 amide bonds. The molecule has 0 bridgehead atoms. The number of aromatic amines is 1. The first-order valence-corrected chi connectivity index (χ1v) is 5.10. The van der Waals surface area contributed by atoms with E-state index in [-0.39, 0.29) is 5.78 Å². The summed E-state index contributed by atoms with van der Waals surface area (Å²) in [6.07, 6.45) is 2.07. The van der Waals surface area contributed by atoms with Crippen molar-refractivity contribution in [3.63, 3.8) is 0 Å². The smallest absolute Gasteiger partial charge is 0.166 e. The highest BCUT2D eigenvalue weighted by Gasteiger charge is 2.11. The Labute approximate surface area is 92.2 Å². The average Bonchev–Trinajstić information content (AvgIpc) is 2.60. The predicted octanol–water partition coefficient (Wildman–Crippen LogP) is 2.35. The predicted molar refractivity (Wildman–Crippen MR) is 61.3 cm³/mol. The van der Waals surface area contributed by atoms with E-state index < -0.39 is 0 Å². The fourth-order valence-electron chi connectivity index (χ4n) is 1.59. The van der Waals surface area contributed by atoms with Crippen molar-refractivity contribution in [2.45, 2.75) is 6.42 Å². The van der Waals surface area contributed by atoms with E-state index in [4.69, 9.17) is 17.3 Å². The number of nitrogens with one attached hydrogen (secondary N) is 1. The Bertz CT molecular complexity index is 504. The van der Waals surface area contributed by atoms with Gasteiger partial charge in [-0.05, 0) is 24.7 Å². The van der Waals surface area contributed by atoms with E-state index in [1.807, 2.05) is 6.07 Å². The number of H-pyrrole nitrogens is 1. The molecule has 0 unspecified atom stereocenters. The number of carbonyl (C=O) groups excluding carboxylic acids is 1. The summed E-state index contributed by atoms with van der Waals surface area (Å²) in [6, 6.07) is 5.44. The summed E-state index contributed by atoms with van der Waals surface area (Å²) in [4.78, 5) is 14.7. The van der Waals surface area contributed by atoms with Gasteiger partial charge in [0.05, 0.1) is 0 Å². The monoisotopic (exact) mass is 222 g/mol. The van der Waals surface area contributed by atoms with Crippen LogP contribution in [0.15, 0.2) is 24.4 Å². The van der Waals surface area contributed by atoms with Crippen LogP contribution >= 0.6 is 11.6 Å². The number of ketones is 1. The van der Waals surface area contributed by atoms with Gasteiger partial charge < -0.3 is 10.7 Å². The summed E-state index contributed by atoms with van der Waals surface area (Å²) in [7, 11) is 0. The largest absolute Gasteiger partial charge is 0.360 e. The SMILES string of the molecule is NCCC(=O)c1c[nH]c2ccc(Cl)cc12. The fraction of sp³-hybridized carbons (Fsp3) is 0.182. The molecule has 0 atom stereocenters. The van der Waals surface area contributed by atoms with Crippen LogP contribution in [0.5, 0.6) is 0 Å². The van der Waals surface area contributed by atoms with Gasteiger partial charge in [0, 0.05) is 34.1 Å². The second-order valence-corrected chi connectivity index (χ2v) is 3.79. The molecule has 0 spiro atoms. The lowest BCUT2D eigenvalue weighted by Crippen LogP contribution is -2.07. The lowest BCUT2D eigenvalue weighted by molar-refractivity contribution is 0.0987. The Hall–Kier alpha value is -1.32. The summed E-state index contributed by atoms with van der Waals surface area (Å²) < 4.78 is 0. The van der Waals surface area contributed by atoms with Crippen LogP contribution < -0.4 is 5.73 Å². The third kappa shape index (κ3) is 1.89. The van der Waals surface area contributed by atoms with Gasteiger partial charge in [0.1, 0.15) is 0 Å². The van der Waals surface area contributed by atoms with Crippen molar-refractivity contribution in [2.24, 2.45) is 5.73 Å². The number of hydrogen-bond donors (Lipinski definition) is 2. The minimum atomic E-state index is 0.0472. The van der Waals surface area contributed by atoms with E-state index in [0.29, 0.717) is 23.6 Å². The van der Waals surface area contributed by atoms with Crippen LogP contribution in [0.3, 0.4) is 0 Å². The number of benzene rings is 1. The zero-order valence-corrected chi connectivity index (χ0v) is 8.84. The highest BCUT2D eigenvalue weighted by Crippen LogP contribution is 2.23. The molecule has 4 heteroatoms. The van der Waals surface area contributed by atoms with E-state index in [2.05, 4.69) is 4.98 Å². The molecule has 1 aromatic heterocycles. The van der Waals surface area contributed by atoms with Crippen LogP contribution in [0.2, 0.25) is 5.02 Å². The molecule has 0 fully saturated rings. The summed E-state index contributed by atoms with van der Waals surface area (Å²) in [5, 5.41) is 1.49. The molecule has 3 nitrogen and oxygen atoms in total. The van der Waals surface area contributed by atoms with Crippen LogP contribution in [0.1, 0.15) is 16.8 Å².